The van der Waals surface area contributed by atoms with Crippen LogP contribution in [0.15, 0.2) is 42.6 Å². The standard InChI is InChI=1S/C25H30N6O/c32-23-20-14-18-15-27-24(29-19-10-7-13-26-21(19)17-8-3-1-4-9-17)30-22(18)31(20)25(16-28-23)11-5-2-6-12-25/h1,3-4,8-9,14-15,19,21,26H,2,5-7,10-13,16H2,(H,28,32)(H,27,29,30)/t19-,21+/m0/s1. The smallest absolute Gasteiger partial charge is 0.268 e. The molecule has 1 saturated heterocycles. The molecule has 2 aliphatic heterocycles. The normalized spacial score (nSPS) is 24.8. The van der Waals surface area contributed by atoms with Crippen LogP contribution >= 0.6 is 0 Å². The molecular formula is C25H30N6O. The highest BCUT2D eigenvalue weighted by molar-refractivity contribution is 5.99. The molecule has 3 aliphatic rings. The number of nitrogens with zero attached hydrogens (tertiary/aromatic N) is 3. The lowest BCUT2D eigenvalue weighted by Crippen LogP contribution is -2.52. The van der Waals surface area contributed by atoms with Gasteiger partial charge < -0.3 is 20.5 Å². The second-order valence-electron chi connectivity index (χ2n) is 9.54. The third-order valence-electron chi connectivity index (χ3n) is 7.54. The van der Waals surface area contributed by atoms with Crippen LogP contribution in [0, 0.1) is 0 Å². The molecule has 2 aromatic heterocycles. The molecule has 1 aromatic carbocycles. The van der Waals surface area contributed by atoms with Crippen molar-refractivity contribution >= 4 is 22.9 Å². The fourth-order valence-corrected chi connectivity index (χ4v) is 5.95. The van der Waals surface area contributed by atoms with Gasteiger partial charge in [-0.1, -0.05) is 49.6 Å². The minimum absolute atomic E-state index is 0.00525. The molecule has 0 bridgehead atoms. The average molecular weight is 431 g/mol. The molecule has 2 atom stereocenters. The van der Waals surface area contributed by atoms with Gasteiger partial charge in [0.25, 0.3) is 5.91 Å². The first kappa shape index (κ1) is 19.7. The minimum Gasteiger partial charge on any atom is -0.350 e. The molecule has 7 nitrogen and oxygen atoms in total. The first-order chi connectivity index (χ1) is 15.7. The van der Waals surface area contributed by atoms with E-state index >= 15 is 0 Å². The number of nitrogens with one attached hydrogen (secondary N) is 3. The molecule has 7 heteroatoms. The third kappa shape index (κ3) is 3.26. The number of hydrogen-bond donors (Lipinski definition) is 3. The zero-order chi connectivity index (χ0) is 21.5. The Hall–Kier alpha value is -2.93. The van der Waals surface area contributed by atoms with Crippen molar-refractivity contribution in [2.75, 3.05) is 18.4 Å². The Morgan fingerprint density at radius 3 is 2.78 bits per heavy atom. The Morgan fingerprint density at radius 2 is 1.94 bits per heavy atom. The van der Waals surface area contributed by atoms with Gasteiger partial charge in [0.1, 0.15) is 11.3 Å². The predicted octanol–water partition coefficient (Wildman–Crippen LogP) is 3.74. The number of rotatable bonds is 3. The fourth-order valence-electron chi connectivity index (χ4n) is 5.95. The molecule has 2 fully saturated rings. The van der Waals surface area contributed by atoms with Crippen molar-refractivity contribution < 1.29 is 4.79 Å². The van der Waals surface area contributed by atoms with Crippen LogP contribution in [0.4, 0.5) is 5.95 Å². The van der Waals surface area contributed by atoms with Gasteiger partial charge in [-0.15, -0.1) is 0 Å². The van der Waals surface area contributed by atoms with Gasteiger partial charge >= 0.3 is 0 Å². The van der Waals surface area contributed by atoms with Crippen molar-refractivity contribution in [2.45, 2.75) is 62.6 Å². The zero-order valence-corrected chi connectivity index (χ0v) is 18.3. The highest BCUT2D eigenvalue weighted by atomic mass is 16.2. The van der Waals surface area contributed by atoms with Gasteiger partial charge in [-0.25, -0.2) is 4.98 Å². The highest BCUT2D eigenvalue weighted by Gasteiger charge is 2.41. The fraction of sp³-hybridized carbons (Fsp3) is 0.480. The number of amides is 1. The average Bonchev–Trinajstić information content (AvgIpc) is 3.24. The maximum absolute atomic E-state index is 12.7. The van der Waals surface area contributed by atoms with Crippen LogP contribution in [0.3, 0.4) is 0 Å². The van der Waals surface area contributed by atoms with E-state index in [9.17, 15) is 4.79 Å². The van der Waals surface area contributed by atoms with Crippen molar-refractivity contribution in [3.63, 3.8) is 0 Å². The van der Waals surface area contributed by atoms with E-state index < -0.39 is 0 Å². The van der Waals surface area contributed by atoms with Gasteiger partial charge in [-0.05, 0) is 43.9 Å². The first-order valence-corrected chi connectivity index (χ1v) is 12.0. The van der Waals surface area contributed by atoms with Crippen LogP contribution in [0.1, 0.15) is 67.0 Å². The van der Waals surface area contributed by atoms with Crippen LogP contribution in [-0.4, -0.2) is 39.6 Å². The summed E-state index contributed by atoms with van der Waals surface area (Å²) in [7, 11) is 0. The van der Waals surface area contributed by atoms with E-state index in [1.807, 2.05) is 12.3 Å². The Bertz CT molecular complexity index is 1130. The summed E-state index contributed by atoms with van der Waals surface area (Å²) in [5.41, 5.74) is 2.83. The second kappa shape index (κ2) is 7.89. The van der Waals surface area contributed by atoms with E-state index in [4.69, 9.17) is 4.98 Å². The van der Waals surface area contributed by atoms with Crippen molar-refractivity contribution in [1.82, 2.24) is 25.2 Å². The molecule has 0 radical (unpaired) electrons. The summed E-state index contributed by atoms with van der Waals surface area (Å²) in [6.45, 7) is 1.71. The van der Waals surface area contributed by atoms with Gasteiger partial charge in [0.05, 0.1) is 11.6 Å². The Labute approximate surface area is 188 Å². The summed E-state index contributed by atoms with van der Waals surface area (Å²) < 4.78 is 2.24. The van der Waals surface area contributed by atoms with Crippen LogP contribution in [0.5, 0.6) is 0 Å². The predicted molar refractivity (Wildman–Crippen MR) is 125 cm³/mol. The molecule has 1 amide bonds. The molecule has 3 N–H and O–H groups in total. The number of benzene rings is 1. The molecule has 3 aromatic rings. The van der Waals surface area contributed by atoms with Gasteiger partial charge in [-0.2, -0.15) is 4.98 Å². The number of anilines is 1. The van der Waals surface area contributed by atoms with Gasteiger partial charge in [0.15, 0.2) is 0 Å². The Kier molecular flexibility index (Phi) is 4.86. The van der Waals surface area contributed by atoms with E-state index in [-0.39, 0.29) is 23.5 Å². The number of fused-ring (bicyclic) bond motifs is 4. The topological polar surface area (TPSA) is 83.9 Å². The molecule has 1 spiro atoms. The monoisotopic (exact) mass is 430 g/mol. The van der Waals surface area contributed by atoms with E-state index in [1.165, 1.54) is 24.8 Å². The van der Waals surface area contributed by atoms with Crippen LogP contribution in [0.25, 0.3) is 11.0 Å². The summed E-state index contributed by atoms with van der Waals surface area (Å²) in [6.07, 6.45) is 9.86. The van der Waals surface area contributed by atoms with Crippen LogP contribution in [0.2, 0.25) is 0 Å². The summed E-state index contributed by atoms with van der Waals surface area (Å²) in [5, 5.41) is 11.4. The lowest BCUT2D eigenvalue weighted by Gasteiger charge is -2.43. The lowest BCUT2D eigenvalue weighted by molar-refractivity contribution is 0.0833. The summed E-state index contributed by atoms with van der Waals surface area (Å²) >= 11 is 0. The van der Waals surface area contributed by atoms with Crippen molar-refractivity contribution in [2.24, 2.45) is 0 Å². The first-order valence-electron chi connectivity index (χ1n) is 12.0. The Balaban J connectivity index is 1.37. The van der Waals surface area contributed by atoms with Crippen LogP contribution in [-0.2, 0) is 5.54 Å². The molecule has 4 heterocycles. The maximum atomic E-state index is 12.7. The van der Waals surface area contributed by atoms with Crippen molar-refractivity contribution in [3.05, 3.63) is 53.9 Å². The van der Waals surface area contributed by atoms with Gasteiger partial charge in [0.2, 0.25) is 5.95 Å². The number of carbonyl (C=O) groups excluding carboxylic acids is 1. The quantitative estimate of drug-likeness (QED) is 0.590. The number of carbonyl (C=O) groups is 1. The molecule has 6 rings (SSSR count). The summed E-state index contributed by atoms with van der Waals surface area (Å²) in [4.78, 5) is 22.3. The van der Waals surface area contributed by atoms with E-state index in [2.05, 4.69) is 55.8 Å². The van der Waals surface area contributed by atoms with Crippen LogP contribution < -0.4 is 16.0 Å². The zero-order valence-electron chi connectivity index (χ0n) is 18.3. The third-order valence-corrected chi connectivity index (χ3v) is 7.54. The van der Waals surface area contributed by atoms with E-state index in [0.29, 0.717) is 12.5 Å². The minimum atomic E-state index is -0.0617. The van der Waals surface area contributed by atoms with Crippen molar-refractivity contribution in [1.29, 1.82) is 0 Å². The number of hydrogen-bond acceptors (Lipinski definition) is 5. The molecule has 0 unspecified atom stereocenters. The molecule has 32 heavy (non-hydrogen) atoms. The summed E-state index contributed by atoms with van der Waals surface area (Å²) in [6, 6.07) is 13.0. The number of piperidine rings is 1. The largest absolute Gasteiger partial charge is 0.350 e. The Morgan fingerprint density at radius 1 is 1.09 bits per heavy atom. The lowest BCUT2D eigenvalue weighted by atomic mass is 9.80. The molecule has 1 saturated carbocycles. The SMILES string of the molecule is O=C1NCC2(CCCCC2)n2c1cc1cnc(N[C@H]3CCCN[C@@H]3c3ccccc3)nc12. The molecular weight excluding hydrogens is 400 g/mol. The van der Waals surface area contributed by atoms with E-state index in [0.717, 1.165) is 49.0 Å². The van der Waals surface area contributed by atoms with Gasteiger partial charge in [0, 0.05) is 24.2 Å². The van der Waals surface area contributed by atoms with Crippen molar-refractivity contribution in [3.8, 4) is 0 Å². The molecule has 1 aliphatic carbocycles. The maximum Gasteiger partial charge on any atom is 0.268 e. The molecule has 166 valence electrons. The van der Waals surface area contributed by atoms with E-state index in [1.54, 1.807) is 0 Å². The summed E-state index contributed by atoms with van der Waals surface area (Å²) in [5.74, 6) is 0.638. The number of aromatic nitrogens is 3. The highest BCUT2D eigenvalue weighted by Crippen LogP contribution is 2.40. The second-order valence-corrected chi connectivity index (χ2v) is 9.54. The van der Waals surface area contributed by atoms with Gasteiger partial charge in [-0.3, -0.25) is 4.79 Å².